The Kier molecular flexibility index (Phi) is 5.74. The van der Waals surface area contributed by atoms with Crippen LogP contribution in [0.15, 0.2) is 36.7 Å². The third-order valence-corrected chi connectivity index (χ3v) is 3.18. The number of nitrogens with two attached hydrogens (primary N) is 1. The number of ether oxygens (including phenoxy) is 1. The van der Waals surface area contributed by atoms with Crippen molar-refractivity contribution in [2.24, 2.45) is 5.73 Å². The van der Waals surface area contributed by atoms with Crippen molar-refractivity contribution >= 4 is 17.7 Å². The average Bonchev–Trinajstić information content (AvgIpc) is 2.95. The maximum Gasteiger partial charge on any atom is 0.404 e. The van der Waals surface area contributed by atoms with Crippen LogP contribution < -0.4 is 11.1 Å². The molecule has 0 unspecified atom stereocenters. The average molecular weight is 316 g/mol. The summed E-state index contributed by atoms with van der Waals surface area (Å²) in [6, 6.07) is 7.60. The summed E-state index contributed by atoms with van der Waals surface area (Å²) < 4.78 is 6.51. The molecule has 122 valence electrons. The highest BCUT2D eigenvalue weighted by Crippen LogP contribution is 2.22. The molecule has 0 saturated heterocycles. The summed E-state index contributed by atoms with van der Waals surface area (Å²) >= 11 is 0. The van der Waals surface area contributed by atoms with Gasteiger partial charge in [-0.25, -0.2) is 4.79 Å². The van der Waals surface area contributed by atoms with E-state index in [1.165, 1.54) is 6.92 Å². The Morgan fingerprint density at radius 2 is 2.13 bits per heavy atom. The molecule has 1 aromatic carbocycles. The van der Waals surface area contributed by atoms with Crippen molar-refractivity contribution in [1.82, 2.24) is 9.78 Å². The monoisotopic (exact) mass is 316 g/mol. The van der Waals surface area contributed by atoms with E-state index in [1.807, 2.05) is 35.1 Å². The molecule has 0 aliphatic rings. The lowest BCUT2D eigenvalue weighted by atomic mass is 10.1. The van der Waals surface area contributed by atoms with Gasteiger partial charge in [-0.15, -0.1) is 0 Å². The maximum atomic E-state index is 11.1. The normalized spacial score (nSPS) is 10.3. The second-order valence-corrected chi connectivity index (χ2v) is 5.13. The van der Waals surface area contributed by atoms with Crippen LogP contribution in [0, 0.1) is 0 Å². The Morgan fingerprint density at radius 1 is 1.30 bits per heavy atom. The molecule has 2 rings (SSSR count). The molecule has 0 aliphatic heterocycles. The molecular formula is C16H20N4O3. The van der Waals surface area contributed by atoms with E-state index in [0.717, 1.165) is 36.2 Å². The van der Waals surface area contributed by atoms with Crippen LogP contribution >= 0.6 is 0 Å². The van der Waals surface area contributed by atoms with Gasteiger partial charge in [0.1, 0.15) is 0 Å². The lowest BCUT2D eigenvalue weighted by molar-refractivity contribution is -0.114. The van der Waals surface area contributed by atoms with Crippen LogP contribution in [0.25, 0.3) is 11.1 Å². The molecule has 0 aliphatic carbocycles. The topological polar surface area (TPSA) is 99.2 Å². The van der Waals surface area contributed by atoms with Crippen LogP contribution in [-0.4, -0.2) is 28.4 Å². The summed E-state index contributed by atoms with van der Waals surface area (Å²) in [4.78, 5) is 21.6. The van der Waals surface area contributed by atoms with E-state index in [9.17, 15) is 9.59 Å². The van der Waals surface area contributed by atoms with Gasteiger partial charge in [-0.1, -0.05) is 12.1 Å². The van der Waals surface area contributed by atoms with Gasteiger partial charge in [-0.2, -0.15) is 5.10 Å². The third kappa shape index (κ3) is 5.46. The first-order valence-electron chi connectivity index (χ1n) is 7.37. The number of rotatable bonds is 7. The Bertz CT molecular complexity index is 681. The zero-order valence-corrected chi connectivity index (χ0v) is 13.0. The van der Waals surface area contributed by atoms with Crippen molar-refractivity contribution in [2.75, 3.05) is 11.9 Å². The van der Waals surface area contributed by atoms with Crippen molar-refractivity contribution in [3.63, 3.8) is 0 Å². The molecule has 7 heteroatoms. The number of aromatic nitrogens is 2. The molecule has 7 nitrogen and oxygen atoms in total. The summed E-state index contributed by atoms with van der Waals surface area (Å²) in [5.41, 5.74) is 7.61. The number of amides is 2. The van der Waals surface area contributed by atoms with Crippen LogP contribution in [0.3, 0.4) is 0 Å². The molecule has 0 radical (unpaired) electrons. The van der Waals surface area contributed by atoms with Crippen LogP contribution in [0.2, 0.25) is 0 Å². The highest BCUT2D eigenvalue weighted by Gasteiger charge is 2.04. The van der Waals surface area contributed by atoms with E-state index < -0.39 is 6.09 Å². The standard InChI is InChI=1S/C16H20N4O3/c1-12(21)19-15-6-4-5-13(9-15)14-10-18-20(11-14)7-2-3-8-23-16(17)22/h4-6,9-11H,2-3,7-8H2,1H3,(H2,17,22)(H,19,21). The number of hydrogen-bond acceptors (Lipinski definition) is 4. The molecule has 0 spiro atoms. The minimum absolute atomic E-state index is 0.101. The number of carbonyl (C=O) groups is 2. The SMILES string of the molecule is CC(=O)Nc1cccc(-c2cnn(CCCCOC(N)=O)c2)c1. The summed E-state index contributed by atoms with van der Waals surface area (Å²) in [5, 5.41) is 7.07. The van der Waals surface area contributed by atoms with Gasteiger partial charge < -0.3 is 15.8 Å². The summed E-state index contributed by atoms with van der Waals surface area (Å²) in [7, 11) is 0. The van der Waals surface area contributed by atoms with E-state index >= 15 is 0 Å². The van der Waals surface area contributed by atoms with E-state index in [4.69, 9.17) is 5.73 Å². The number of hydrogen-bond donors (Lipinski definition) is 2. The number of benzene rings is 1. The Hall–Kier alpha value is -2.83. The Labute approximate surface area is 134 Å². The lowest BCUT2D eigenvalue weighted by Crippen LogP contribution is -2.14. The van der Waals surface area contributed by atoms with Crippen molar-refractivity contribution < 1.29 is 14.3 Å². The fourth-order valence-corrected chi connectivity index (χ4v) is 2.16. The summed E-state index contributed by atoms with van der Waals surface area (Å²) in [5.74, 6) is -0.101. The number of carbonyl (C=O) groups excluding carboxylic acids is 2. The van der Waals surface area contributed by atoms with Crippen LogP contribution in [0.4, 0.5) is 10.5 Å². The number of primary amides is 1. The molecule has 0 bridgehead atoms. The number of nitrogens with one attached hydrogen (secondary N) is 1. The predicted octanol–water partition coefficient (Wildman–Crippen LogP) is 2.38. The number of unbranched alkanes of at least 4 members (excludes halogenated alkanes) is 1. The van der Waals surface area contributed by atoms with Crippen LogP contribution in [0.1, 0.15) is 19.8 Å². The fraction of sp³-hybridized carbons (Fsp3) is 0.312. The molecule has 2 amide bonds. The molecule has 2 aromatic rings. The fourth-order valence-electron chi connectivity index (χ4n) is 2.16. The molecule has 1 heterocycles. The van der Waals surface area contributed by atoms with Gasteiger partial charge in [0.25, 0.3) is 0 Å². The molecule has 0 saturated carbocycles. The molecule has 0 fully saturated rings. The molecule has 23 heavy (non-hydrogen) atoms. The van der Waals surface area contributed by atoms with Gasteiger partial charge in [0.05, 0.1) is 12.8 Å². The number of anilines is 1. The zero-order valence-electron chi connectivity index (χ0n) is 13.0. The van der Waals surface area contributed by atoms with Gasteiger partial charge in [0, 0.05) is 30.9 Å². The smallest absolute Gasteiger partial charge is 0.404 e. The summed E-state index contributed by atoms with van der Waals surface area (Å²) in [6.07, 6.45) is 4.55. The second-order valence-electron chi connectivity index (χ2n) is 5.13. The van der Waals surface area contributed by atoms with E-state index in [1.54, 1.807) is 6.20 Å². The minimum Gasteiger partial charge on any atom is -0.450 e. The maximum absolute atomic E-state index is 11.1. The number of aryl methyl sites for hydroxylation is 1. The van der Waals surface area contributed by atoms with E-state index in [-0.39, 0.29) is 5.91 Å². The van der Waals surface area contributed by atoms with Gasteiger partial charge in [0.15, 0.2) is 0 Å². The third-order valence-electron chi connectivity index (χ3n) is 3.18. The largest absolute Gasteiger partial charge is 0.450 e. The first kappa shape index (κ1) is 16.5. The quantitative estimate of drug-likeness (QED) is 0.766. The highest BCUT2D eigenvalue weighted by atomic mass is 16.5. The van der Waals surface area contributed by atoms with E-state index in [0.29, 0.717) is 6.61 Å². The van der Waals surface area contributed by atoms with Gasteiger partial charge in [-0.05, 0) is 30.5 Å². The van der Waals surface area contributed by atoms with Crippen molar-refractivity contribution in [3.05, 3.63) is 36.7 Å². The van der Waals surface area contributed by atoms with E-state index in [2.05, 4.69) is 15.2 Å². The molecule has 1 aromatic heterocycles. The second kappa shape index (κ2) is 7.98. The first-order chi connectivity index (χ1) is 11.0. The lowest BCUT2D eigenvalue weighted by Gasteiger charge is -2.04. The Morgan fingerprint density at radius 3 is 2.87 bits per heavy atom. The van der Waals surface area contributed by atoms with Gasteiger partial charge >= 0.3 is 6.09 Å². The molecule has 3 N–H and O–H groups in total. The molecule has 0 atom stereocenters. The van der Waals surface area contributed by atoms with Gasteiger partial charge in [0.2, 0.25) is 5.91 Å². The summed E-state index contributed by atoms with van der Waals surface area (Å²) in [6.45, 7) is 2.53. The number of nitrogens with zero attached hydrogens (tertiary/aromatic N) is 2. The minimum atomic E-state index is -0.745. The zero-order chi connectivity index (χ0) is 16.7. The van der Waals surface area contributed by atoms with Crippen molar-refractivity contribution in [2.45, 2.75) is 26.3 Å². The first-order valence-corrected chi connectivity index (χ1v) is 7.37. The van der Waals surface area contributed by atoms with Crippen molar-refractivity contribution in [1.29, 1.82) is 0 Å². The Balaban J connectivity index is 1.91. The molecular weight excluding hydrogens is 296 g/mol. The van der Waals surface area contributed by atoms with Crippen LogP contribution in [-0.2, 0) is 16.1 Å². The van der Waals surface area contributed by atoms with Crippen molar-refractivity contribution in [3.8, 4) is 11.1 Å². The van der Waals surface area contributed by atoms with Gasteiger partial charge in [-0.3, -0.25) is 9.48 Å². The predicted molar refractivity (Wildman–Crippen MR) is 86.7 cm³/mol. The van der Waals surface area contributed by atoms with Crippen LogP contribution in [0.5, 0.6) is 0 Å². The highest BCUT2D eigenvalue weighted by molar-refractivity contribution is 5.89.